The lowest BCUT2D eigenvalue weighted by molar-refractivity contribution is 0.0958. The summed E-state index contributed by atoms with van der Waals surface area (Å²) in [6.07, 6.45) is 1.52. The number of aryl methyl sites for hydroxylation is 1. The Bertz CT molecular complexity index is 611. The molecule has 0 bridgehead atoms. The summed E-state index contributed by atoms with van der Waals surface area (Å²) in [5.74, 6) is 0.822. The van der Waals surface area contributed by atoms with Crippen molar-refractivity contribution in [2.75, 3.05) is 12.8 Å². The van der Waals surface area contributed by atoms with Crippen LogP contribution in [0.1, 0.15) is 16.1 Å². The number of hydrogen-bond donors (Lipinski definition) is 2. The highest BCUT2D eigenvalue weighted by Crippen LogP contribution is 2.29. The summed E-state index contributed by atoms with van der Waals surface area (Å²) >= 11 is 0. The molecule has 0 radical (unpaired) electrons. The minimum Gasteiger partial charge on any atom is -0.455 e. The fraction of sp³-hybridized carbons (Fsp3) is 0.143. The van der Waals surface area contributed by atoms with Gasteiger partial charge in [0.05, 0.1) is 5.69 Å². The number of benzene rings is 1. The van der Waals surface area contributed by atoms with Crippen LogP contribution in [0.2, 0.25) is 0 Å². The molecule has 2 aromatic rings. The maximum absolute atomic E-state index is 11.5. The topological polar surface area (TPSA) is 77.2 Å². The van der Waals surface area contributed by atoms with Gasteiger partial charge < -0.3 is 15.8 Å². The van der Waals surface area contributed by atoms with E-state index >= 15 is 0 Å². The summed E-state index contributed by atoms with van der Waals surface area (Å²) < 4.78 is 5.68. The summed E-state index contributed by atoms with van der Waals surface area (Å²) in [6.45, 7) is 1.91. The molecule has 5 heteroatoms. The molecule has 0 atom stereocenters. The molecular weight excluding hydrogens is 242 g/mol. The normalized spacial score (nSPS) is 10.0. The number of carbonyl (C=O) groups excluding carboxylic acids is 1. The van der Waals surface area contributed by atoms with Gasteiger partial charge in [-0.05, 0) is 24.6 Å². The monoisotopic (exact) mass is 257 g/mol. The Kier molecular flexibility index (Phi) is 3.66. The Balaban J connectivity index is 2.28. The number of nitrogens with two attached hydrogens (primary N) is 1. The third-order valence-corrected chi connectivity index (χ3v) is 2.70. The van der Waals surface area contributed by atoms with Crippen LogP contribution in [0.4, 0.5) is 5.69 Å². The van der Waals surface area contributed by atoms with Crippen LogP contribution in [0.5, 0.6) is 11.5 Å². The second-order valence-corrected chi connectivity index (χ2v) is 4.04. The van der Waals surface area contributed by atoms with Crippen molar-refractivity contribution < 1.29 is 9.53 Å². The molecule has 0 aliphatic carbocycles. The number of rotatable bonds is 3. The molecular formula is C14H15N3O2. The molecule has 3 N–H and O–H groups in total. The van der Waals surface area contributed by atoms with E-state index in [9.17, 15) is 4.79 Å². The van der Waals surface area contributed by atoms with Crippen molar-refractivity contribution in [3.05, 3.63) is 47.8 Å². The Morgan fingerprint density at radius 1 is 1.37 bits per heavy atom. The average Bonchev–Trinajstić information content (AvgIpc) is 2.43. The number of nitrogen functional groups attached to an aromatic ring is 1. The summed E-state index contributed by atoms with van der Waals surface area (Å²) in [4.78, 5) is 15.5. The van der Waals surface area contributed by atoms with Crippen LogP contribution in [0, 0.1) is 6.92 Å². The average molecular weight is 257 g/mol. The number of ether oxygens (including phenoxy) is 1. The number of hydrogen-bond acceptors (Lipinski definition) is 4. The van der Waals surface area contributed by atoms with Gasteiger partial charge >= 0.3 is 0 Å². The molecule has 98 valence electrons. The van der Waals surface area contributed by atoms with Gasteiger partial charge in [-0.3, -0.25) is 9.78 Å². The van der Waals surface area contributed by atoms with Crippen molar-refractivity contribution >= 4 is 11.6 Å². The van der Waals surface area contributed by atoms with Crippen LogP contribution < -0.4 is 15.8 Å². The fourth-order valence-corrected chi connectivity index (χ4v) is 1.60. The quantitative estimate of drug-likeness (QED) is 0.826. The number of nitrogens with zero attached hydrogens (tertiary/aromatic N) is 1. The van der Waals surface area contributed by atoms with E-state index in [0.717, 1.165) is 5.56 Å². The molecule has 0 spiro atoms. The molecule has 0 unspecified atom stereocenters. The number of amides is 1. The van der Waals surface area contributed by atoms with Crippen LogP contribution >= 0.6 is 0 Å². The standard InChI is InChI=1S/C14H15N3O2/c1-9-4-3-5-12(13(9)15)19-10-6-7-17-11(8-10)14(18)16-2/h3-8H,15H2,1-2H3,(H,16,18). The zero-order valence-corrected chi connectivity index (χ0v) is 10.8. The van der Waals surface area contributed by atoms with Gasteiger partial charge in [-0.2, -0.15) is 0 Å². The van der Waals surface area contributed by atoms with E-state index in [4.69, 9.17) is 10.5 Å². The predicted molar refractivity (Wildman–Crippen MR) is 73.3 cm³/mol. The highest BCUT2D eigenvalue weighted by molar-refractivity contribution is 5.92. The first kappa shape index (κ1) is 12.9. The largest absolute Gasteiger partial charge is 0.455 e. The third kappa shape index (κ3) is 2.82. The Morgan fingerprint density at radius 3 is 2.89 bits per heavy atom. The first-order valence-corrected chi connectivity index (χ1v) is 5.83. The molecule has 0 saturated carbocycles. The molecule has 0 aliphatic heterocycles. The molecule has 1 aromatic heterocycles. The maximum Gasteiger partial charge on any atom is 0.269 e. The molecule has 5 nitrogen and oxygen atoms in total. The number of carbonyl (C=O) groups is 1. The van der Waals surface area contributed by atoms with Crippen molar-refractivity contribution in [3.8, 4) is 11.5 Å². The van der Waals surface area contributed by atoms with E-state index in [-0.39, 0.29) is 5.91 Å². The van der Waals surface area contributed by atoms with E-state index in [2.05, 4.69) is 10.3 Å². The van der Waals surface area contributed by atoms with Crippen molar-refractivity contribution in [2.45, 2.75) is 6.92 Å². The number of pyridine rings is 1. The highest BCUT2D eigenvalue weighted by atomic mass is 16.5. The van der Waals surface area contributed by atoms with E-state index in [0.29, 0.717) is 22.9 Å². The molecule has 19 heavy (non-hydrogen) atoms. The second kappa shape index (κ2) is 5.39. The lowest BCUT2D eigenvalue weighted by atomic mass is 10.2. The highest BCUT2D eigenvalue weighted by Gasteiger charge is 2.08. The molecule has 1 aromatic carbocycles. The van der Waals surface area contributed by atoms with Gasteiger partial charge in [-0.1, -0.05) is 12.1 Å². The maximum atomic E-state index is 11.5. The molecule has 1 amide bonds. The molecule has 0 saturated heterocycles. The summed E-state index contributed by atoms with van der Waals surface area (Å²) in [7, 11) is 1.55. The molecule has 2 rings (SSSR count). The van der Waals surface area contributed by atoms with Crippen LogP contribution in [0.15, 0.2) is 36.5 Å². The van der Waals surface area contributed by atoms with Crippen molar-refractivity contribution in [1.29, 1.82) is 0 Å². The Hall–Kier alpha value is -2.56. The smallest absolute Gasteiger partial charge is 0.269 e. The van der Waals surface area contributed by atoms with Crippen molar-refractivity contribution in [3.63, 3.8) is 0 Å². The van der Waals surface area contributed by atoms with Crippen molar-refractivity contribution in [2.24, 2.45) is 0 Å². The minimum absolute atomic E-state index is 0.261. The van der Waals surface area contributed by atoms with Crippen LogP contribution in [-0.2, 0) is 0 Å². The Morgan fingerprint density at radius 2 is 2.16 bits per heavy atom. The number of nitrogens with one attached hydrogen (secondary N) is 1. The minimum atomic E-state index is -0.261. The predicted octanol–water partition coefficient (Wildman–Crippen LogP) is 2.12. The van der Waals surface area contributed by atoms with Gasteiger partial charge in [0.15, 0.2) is 5.75 Å². The first-order valence-electron chi connectivity index (χ1n) is 5.83. The summed E-state index contributed by atoms with van der Waals surface area (Å²) in [5, 5.41) is 2.51. The van der Waals surface area contributed by atoms with E-state index in [1.807, 2.05) is 19.1 Å². The number of aromatic nitrogens is 1. The zero-order chi connectivity index (χ0) is 13.8. The lowest BCUT2D eigenvalue weighted by Gasteiger charge is -2.10. The van der Waals surface area contributed by atoms with Crippen LogP contribution in [-0.4, -0.2) is 17.9 Å². The summed E-state index contributed by atoms with van der Waals surface area (Å²) in [6, 6.07) is 8.80. The van der Waals surface area contributed by atoms with Gasteiger partial charge in [0.1, 0.15) is 11.4 Å². The molecule has 0 aliphatic rings. The van der Waals surface area contributed by atoms with Gasteiger partial charge in [0.2, 0.25) is 0 Å². The van der Waals surface area contributed by atoms with E-state index in [1.54, 1.807) is 25.2 Å². The van der Waals surface area contributed by atoms with Crippen LogP contribution in [0.3, 0.4) is 0 Å². The number of anilines is 1. The van der Waals surface area contributed by atoms with Gasteiger partial charge in [-0.15, -0.1) is 0 Å². The van der Waals surface area contributed by atoms with Gasteiger partial charge in [0.25, 0.3) is 5.91 Å². The lowest BCUT2D eigenvalue weighted by Crippen LogP contribution is -2.18. The van der Waals surface area contributed by atoms with Gasteiger partial charge in [0, 0.05) is 19.3 Å². The molecule has 0 fully saturated rings. The summed E-state index contributed by atoms with van der Waals surface area (Å²) in [5.41, 5.74) is 7.76. The fourth-order valence-electron chi connectivity index (χ4n) is 1.60. The number of para-hydroxylation sites is 1. The first-order chi connectivity index (χ1) is 9.11. The molecule has 1 heterocycles. The van der Waals surface area contributed by atoms with Crippen molar-refractivity contribution in [1.82, 2.24) is 10.3 Å². The third-order valence-electron chi connectivity index (χ3n) is 2.70. The van der Waals surface area contributed by atoms with E-state index < -0.39 is 0 Å². The zero-order valence-electron chi connectivity index (χ0n) is 10.8. The van der Waals surface area contributed by atoms with E-state index in [1.165, 1.54) is 6.20 Å². The SMILES string of the molecule is CNC(=O)c1cc(Oc2cccc(C)c2N)ccn1. The second-order valence-electron chi connectivity index (χ2n) is 4.04. The van der Waals surface area contributed by atoms with Gasteiger partial charge in [-0.25, -0.2) is 0 Å². The van der Waals surface area contributed by atoms with Crippen LogP contribution in [0.25, 0.3) is 0 Å². The Labute approximate surface area is 111 Å².